The summed E-state index contributed by atoms with van der Waals surface area (Å²) in [4.78, 5) is 10.7. The van der Waals surface area contributed by atoms with Gasteiger partial charge in [-0.1, -0.05) is 20.4 Å². The van der Waals surface area contributed by atoms with E-state index in [1.807, 2.05) is 13.8 Å². The molecule has 0 aliphatic carbocycles. The van der Waals surface area contributed by atoms with Crippen LogP contribution in [0.4, 0.5) is 0 Å². The molecule has 0 amide bonds. The Bertz CT molecular complexity index is 129. The number of carbonyl (C=O) groups excluding carboxylic acids is 1. The van der Waals surface area contributed by atoms with Crippen LogP contribution in [-0.4, -0.2) is 16.5 Å². The summed E-state index contributed by atoms with van der Waals surface area (Å²) < 4.78 is 4.57. The molecule has 0 aromatic carbocycles. The molecule has 0 rings (SSSR count). The Morgan fingerprint density at radius 1 is 1.67 bits per heavy atom. The summed E-state index contributed by atoms with van der Waals surface area (Å²) in [7, 11) is 0.456. The monoisotopic (exact) mass is 144 g/mol. The zero-order chi connectivity index (χ0) is 7.44. The van der Waals surface area contributed by atoms with Gasteiger partial charge in [0.05, 0.1) is 0 Å². The molecule has 0 aromatic rings. The highest BCUT2D eigenvalue weighted by molar-refractivity contribution is 6.09. The average molecular weight is 144 g/mol. The first-order chi connectivity index (χ1) is 4.09. The van der Waals surface area contributed by atoms with Crippen molar-refractivity contribution in [3.8, 4) is 0 Å². The van der Waals surface area contributed by atoms with Crippen LogP contribution < -0.4 is 0 Å². The molecule has 0 fully saturated rings. The molecular formula is C6H12O2Si. The third-order valence-corrected chi connectivity index (χ3v) is 1.52. The molecule has 0 radical (unpaired) electrons. The molecule has 52 valence electrons. The van der Waals surface area contributed by atoms with Gasteiger partial charge < -0.3 is 4.43 Å². The van der Waals surface area contributed by atoms with E-state index in [-0.39, 0.29) is 11.9 Å². The van der Waals surface area contributed by atoms with Gasteiger partial charge in [-0.05, 0) is 5.92 Å². The Balaban J connectivity index is 3.89. The number of carbonyl (C=O) groups is 1. The minimum absolute atomic E-state index is 0.200. The molecule has 0 aromatic heterocycles. The fourth-order valence-electron chi connectivity index (χ4n) is 0.367. The van der Waals surface area contributed by atoms with Crippen LogP contribution in [0.5, 0.6) is 0 Å². The average Bonchev–Trinajstić information content (AvgIpc) is 1.84. The molecule has 3 heteroatoms. The Morgan fingerprint density at radius 3 is 2.22 bits per heavy atom. The molecule has 0 N–H and O–H groups in total. The maximum Gasteiger partial charge on any atom is 0.319 e. The lowest BCUT2D eigenvalue weighted by molar-refractivity contribution is -0.130. The van der Waals surface area contributed by atoms with Gasteiger partial charge in [-0.25, -0.2) is 4.79 Å². The van der Waals surface area contributed by atoms with Crippen molar-refractivity contribution in [1.29, 1.82) is 0 Å². The lowest BCUT2D eigenvalue weighted by atomic mass is 10.1. The van der Waals surface area contributed by atoms with E-state index in [1.165, 1.54) is 0 Å². The van der Waals surface area contributed by atoms with Crippen LogP contribution in [-0.2, 0) is 9.22 Å². The highest BCUT2D eigenvalue weighted by Gasteiger charge is 2.08. The van der Waals surface area contributed by atoms with E-state index in [0.717, 1.165) is 0 Å². The van der Waals surface area contributed by atoms with E-state index < -0.39 is 0 Å². The maximum atomic E-state index is 10.7. The van der Waals surface area contributed by atoms with Crippen molar-refractivity contribution in [3.63, 3.8) is 0 Å². The van der Waals surface area contributed by atoms with Gasteiger partial charge in [0.2, 0.25) is 10.5 Å². The molecule has 9 heavy (non-hydrogen) atoms. The zero-order valence-electron chi connectivity index (χ0n) is 6.10. The van der Waals surface area contributed by atoms with E-state index in [9.17, 15) is 4.79 Å². The lowest BCUT2D eigenvalue weighted by Gasteiger charge is -2.05. The largest absolute Gasteiger partial charge is 0.526 e. The zero-order valence-corrected chi connectivity index (χ0v) is 8.10. The van der Waals surface area contributed by atoms with Gasteiger partial charge in [0, 0.05) is 5.57 Å². The van der Waals surface area contributed by atoms with Crippen molar-refractivity contribution in [2.24, 2.45) is 5.92 Å². The smallest absolute Gasteiger partial charge is 0.319 e. The molecule has 0 saturated heterocycles. The summed E-state index contributed by atoms with van der Waals surface area (Å²) in [6.45, 7) is 7.41. The summed E-state index contributed by atoms with van der Waals surface area (Å²) in [6, 6.07) is 0. The van der Waals surface area contributed by atoms with E-state index in [2.05, 4.69) is 11.0 Å². The van der Waals surface area contributed by atoms with E-state index in [1.54, 1.807) is 0 Å². The van der Waals surface area contributed by atoms with Gasteiger partial charge in [-0.3, -0.25) is 0 Å². The number of hydrogen-bond donors (Lipinski definition) is 0. The molecule has 0 aliphatic heterocycles. The quantitative estimate of drug-likeness (QED) is 0.403. The lowest BCUT2D eigenvalue weighted by Crippen LogP contribution is -2.08. The molecule has 0 unspecified atom stereocenters. The van der Waals surface area contributed by atoms with E-state index >= 15 is 0 Å². The molecular weight excluding hydrogens is 132 g/mol. The normalized spacial score (nSPS) is 9.67. The molecule has 0 atom stereocenters. The van der Waals surface area contributed by atoms with Crippen LogP contribution in [0.1, 0.15) is 13.8 Å². The second-order valence-electron chi connectivity index (χ2n) is 2.17. The van der Waals surface area contributed by atoms with E-state index in [0.29, 0.717) is 16.1 Å². The summed E-state index contributed by atoms with van der Waals surface area (Å²) >= 11 is 0. The van der Waals surface area contributed by atoms with Crippen molar-refractivity contribution >= 4 is 16.5 Å². The van der Waals surface area contributed by atoms with Crippen molar-refractivity contribution in [1.82, 2.24) is 0 Å². The molecule has 0 saturated carbocycles. The first kappa shape index (κ1) is 8.43. The SMILES string of the molecule is C=C(C(=O)O[SiH3])C(C)C. The molecule has 0 bridgehead atoms. The third-order valence-electron chi connectivity index (χ3n) is 1.14. The number of rotatable bonds is 2. The van der Waals surface area contributed by atoms with Crippen LogP contribution in [0.15, 0.2) is 12.2 Å². The van der Waals surface area contributed by atoms with Gasteiger partial charge in [0.15, 0.2) is 0 Å². The number of hydrogen-bond acceptors (Lipinski definition) is 2. The van der Waals surface area contributed by atoms with Gasteiger partial charge >= 0.3 is 5.97 Å². The highest BCUT2D eigenvalue weighted by Crippen LogP contribution is 2.06. The summed E-state index contributed by atoms with van der Waals surface area (Å²) in [5.74, 6) is -0.0527. The summed E-state index contributed by atoms with van der Waals surface area (Å²) in [5, 5.41) is 0. The Kier molecular flexibility index (Phi) is 3.23. The predicted molar refractivity (Wildman–Crippen MR) is 40.0 cm³/mol. The second-order valence-corrected chi connectivity index (χ2v) is 2.58. The standard InChI is InChI=1S/C6H12O2Si/c1-4(2)5(3)6(7)8-9/h4H,3H2,1-2,9H3. The van der Waals surface area contributed by atoms with Crippen LogP contribution in [0.25, 0.3) is 0 Å². The summed E-state index contributed by atoms with van der Waals surface area (Å²) in [5.41, 5.74) is 0.560. The third kappa shape index (κ3) is 2.46. The van der Waals surface area contributed by atoms with Crippen molar-refractivity contribution in [2.45, 2.75) is 13.8 Å². The molecule has 0 heterocycles. The van der Waals surface area contributed by atoms with Gasteiger partial charge in [-0.2, -0.15) is 0 Å². The molecule has 2 nitrogen and oxygen atoms in total. The highest BCUT2D eigenvalue weighted by atomic mass is 28.2. The topological polar surface area (TPSA) is 26.3 Å². The first-order valence-electron chi connectivity index (χ1n) is 2.86. The first-order valence-corrected chi connectivity index (χ1v) is 3.68. The maximum absolute atomic E-state index is 10.7. The van der Waals surface area contributed by atoms with Gasteiger partial charge in [0.1, 0.15) is 0 Å². The fraction of sp³-hybridized carbons (Fsp3) is 0.500. The van der Waals surface area contributed by atoms with Crippen molar-refractivity contribution in [3.05, 3.63) is 12.2 Å². The van der Waals surface area contributed by atoms with Gasteiger partial charge in [-0.15, -0.1) is 0 Å². The van der Waals surface area contributed by atoms with Crippen LogP contribution in [0.2, 0.25) is 0 Å². The van der Waals surface area contributed by atoms with Crippen molar-refractivity contribution in [2.75, 3.05) is 0 Å². The Hall–Kier alpha value is -0.573. The van der Waals surface area contributed by atoms with Gasteiger partial charge in [0.25, 0.3) is 0 Å². The van der Waals surface area contributed by atoms with E-state index in [4.69, 9.17) is 0 Å². The minimum Gasteiger partial charge on any atom is -0.526 e. The second kappa shape index (κ2) is 3.45. The van der Waals surface area contributed by atoms with Crippen LogP contribution in [0, 0.1) is 5.92 Å². The van der Waals surface area contributed by atoms with Crippen LogP contribution in [0.3, 0.4) is 0 Å². The Labute approximate surface area is 58.4 Å². The van der Waals surface area contributed by atoms with Crippen LogP contribution >= 0.6 is 0 Å². The van der Waals surface area contributed by atoms with Crippen molar-refractivity contribution < 1.29 is 9.22 Å². The fourth-order valence-corrected chi connectivity index (χ4v) is 0.629. The summed E-state index contributed by atoms with van der Waals surface area (Å²) in [6.07, 6.45) is 0. The minimum atomic E-state index is -0.253. The molecule has 0 spiro atoms. The molecule has 0 aliphatic rings. The predicted octanol–water partition coefficient (Wildman–Crippen LogP) is 0.0222. The Morgan fingerprint density at radius 2 is 2.11 bits per heavy atom.